The van der Waals surface area contributed by atoms with Gasteiger partial charge in [0.15, 0.2) is 5.60 Å². The molecule has 0 aromatic heterocycles. The van der Waals surface area contributed by atoms with Crippen molar-refractivity contribution in [3.8, 4) is 11.1 Å². The Balaban J connectivity index is 1.40. The molecule has 2 aliphatic rings. The zero-order chi connectivity index (χ0) is 23.6. The molecule has 1 aliphatic carbocycles. The number of β-amino-alcohol motifs (C(OH)–C–C–N with tert-alkyl or cyclic N) is 1. The predicted octanol–water partition coefficient (Wildman–Crippen LogP) is 1.59. The Morgan fingerprint density at radius 2 is 1.73 bits per heavy atom. The highest BCUT2D eigenvalue weighted by Crippen LogP contribution is 2.44. The van der Waals surface area contributed by atoms with Gasteiger partial charge in [-0.2, -0.15) is 0 Å². The van der Waals surface area contributed by atoms with Crippen LogP contribution in [0.15, 0.2) is 48.5 Å². The number of carbonyl (C=O) groups excluding carboxylic acids is 2. The van der Waals surface area contributed by atoms with Gasteiger partial charge in [-0.05, 0) is 22.3 Å². The first-order chi connectivity index (χ1) is 15.8. The Morgan fingerprint density at radius 3 is 2.27 bits per heavy atom. The summed E-state index contributed by atoms with van der Waals surface area (Å²) in [7, 11) is 1.39. The SMILES string of the molecule is COC[C@H](NC(=O)OCC1c2ccccc2-c2ccccc21)C(=O)N1CCC(O)(C(=O)O)C1. The topological polar surface area (TPSA) is 125 Å². The highest BCUT2D eigenvalue weighted by molar-refractivity contribution is 5.88. The quantitative estimate of drug-likeness (QED) is 0.580. The lowest BCUT2D eigenvalue weighted by atomic mass is 9.98. The van der Waals surface area contributed by atoms with Crippen LogP contribution >= 0.6 is 0 Å². The molecular weight excluding hydrogens is 428 g/mol. The van der Waals surface area contributed by atoms with E-state index in [1.54, 1.807) is 0 Å². The van der Waals surface area contributed by atoms with E-state index in [1.807, 2.05) is 48.5 Å². The van der Waals surface area contributed by atoms with E-state index >= 15 is 0 Å². The minimum Gasteiger partial charge on any atom is -0.479 e. The number of carboxylic acid groups (broad SMARTS) is 1. The molecule has 2 amide bonds. The highest BCUT2D eigenvalue weighted by Gasteiger charge is 2.46. The molecule has 0 bridgehead atoms. The number of aliphatic hydroxyl groups is 1. The Morgan fingerprint density at radius 1 is 1.12 bits per heavy atom. The maximum atomic E-state index is 12.8. The summed E-state index contributed by atoms with van der Waals surface area (Å²) < 4.78 is 10.5. The number of nitrogens with zero attached hydrogens (tertiary/aromatic N) is 1. The van der Waals surface area contributed by atoms with Crippen molar-refractivity contribution >= 4 is 18.0 Å². The van der Waals surface area contributed by atoms with Crippen LogP contribution < -0.4 is 5.32 Å². The molecule has 2 aromatic carbocycles. The van der Waals surface area contributed by atoms with E-state index in [9.17, 15) is 24.6 Å². The van der Waals surface area contributed by atoms with Gasteiger partial charge in [-0.1, -0.05) is 48.5 Å². The van der Waals surface area contributed by atoms with Crippen LogP contribution in [0.4, 0.5) is 4.79 Å². The first-order valence-electron chi connectivity index (χ1n) is 10.7. The third-order valence-electron chi connectivity index (χ3n) is 6.22. The molecule has 9 nitrogen and oxygen atoms in total. The molecule has 0 radical (unpaired) electrons. The molecule has 1 heterocycles. The maximum Gasteiger partial charge on any atom is 0.407 e. The number of carbonyl (C=O) groups is 3. The molecule has 1 saturated heterocycles. The largest absolute Gasteiger partial charge is 0.479 e. The lowest BCUT2D eigenvalue weighted by Crippen LogP contribution is -2.52. The van der Waals surface area contributed by atoms with Gasteiger partial charge in [0.1, 0.15) is 12.6 Å². The van der Waals surface area contributed by atoms with Crippen molar-refractivity contribution in [2.45, 2.75) is 24.0 Å². The van der Waals surface area contributed by atoms with Crippen LogP contribution in [0.3, 0.4) is 0 Å². The molecule has 4 rings (SSSR count). The summed E-state index contributed by atoms with van der Waals surface area (Å²) in [5.74, 6) is -2.04. The molecule has 174 valence electrons. The molecular formula is C24H26N2O7. The van der Waals surface area contributed by atoms with Crippen LogP contribution in [-0.2, 0) is 19.1 Å². The molecule has 3 N–H and O–H groups in total. The van der Waals surface area contributed by atoms with Crippen LogP contribution in [0.25, 0.3) is 11.1 Å². The minimum absolute atomic E-state index is 0.0637. The average molecular weight is 454 g/mol. The van der Waals surface area contributed by atoms with Gasteiger partial charge >= 0.3 is 12.1 Å². The number of likely N-dealkylation sites (tertiary alicyclic amines) is 1. The Bertz CT molecular complexity index is 1030. The second-order valence-corrected chi connectivity index (χ2v) is 8.32. The summed E-state index contributed by atoms with van der Waals surface area (Å²) >= 11 is 0. The van der Waals surface area contributed by atoms with E-state index in [0.29, 0.717) is 0 Å². The molecule has 2 atom stereocenters. The number of nitrogens with one attached hydrogen (secondary N) is 1. The molecule has 1 fully saturated rings. The molecule has 0 saturated carbocycles. The molecule has 2 aromatic rings. The third-order valence-corrected chi connectivity index (χ3v) is 6.22. The summed E-state index contributed by atoms with van der Waals surface area (Å²) in [5, 5.41) is 21.8. The lowest BCUT2D eigenvalue weighted by Gasteiger charge is -2.25. The number of ether oxygens (including phenoxy) is 2. The summed E-state index contributed by atoms with van der Waals surface area (Å²) in [4.78, 5) is 37.9. The van der Waals surface area contributed by atoms with Crippen molar-refractivity contribution in [2.75, 3.05) is 33.4 Å². The van der Waals surface area contributed by atoms with Gasteiger partial charge in [-0.15, -0.1) is 0 Å². The van der Waals surface area contributed by atoms with Crippen molar-refractivity contribution in [2.24, 2.45) is 0 Å². The van der Waals surface area contributed by atoms with Crippen LogP contribution in [0.5, 0.6) is 0 Å². The molecule has 33 heavy (non-hydrogen) atoms. The molecule has 0 spiro atoms. The van der Waals surface area contributed by atoms with Gasteiger partial charge in [0.05, 0.1) is 13.2 Å². The lowest BCUT2D eigenvalue weighted by molar-refractivity contribution is -0.157. The standard InChI is InChI=1S/C24H26N2O7/c1-32-13-20(21(27)26-11-10-24(31,14-26)22(28)29)25-23(30)33-12-19-17-8-4-2-6-15(17)16-7-3-5-9-18(16)19/h2-9,19-20,31H,10-14H2,1H3,(H,25,30)(H,28,29)/t20-,24?/m0/s1. The number of methoxy groups -OCH3 is 1. The first-order valence-corrected chi connectivity index (χ1v) is 10.7. The molecule has 1 aliphatic heterocycles. The van der Waals surface area contributed by atoms with Crippen LogP contribution in [-0.4, -0.2) is 78.1 Å². The molecule has 9 heteroatoms. The Labute approximate surface area is 190 Å². The number of alkyl carbamates (subject to hydrolysis) is 1. The van der Waals surface area contributed by atoms with E-state index in [1.165, 1.54) is 12.0 Å². The summed E-state index contributed by atoms with van der Waals surface area (Å²) in [6, 6.07) is 14.9. The van der Waals surface area contributed by atoms with Crippen molar-refractivity contribution in [1.82, 2.24) is 10.2 Å². The number of hydrogen-bond donors (Lipinski definition) is 3. The summed E-state index contributed by atoms with van der Waals surface area (Å²) in [5.41, 5.74) is 2.36. The van der Waals surface area contributed by atoms with Crippen LogP contribution in [0, 0.1) is 0 Å². The van der Waals surface area contributed by atoms with Crippen LogP contribution in [0.1, 0.15) is 23.5 Å². The van der Waals surface area contributed by atoms with Gasteiger partial charge in [-0.3, -0.25) is 4.79 Å². The summed E-state index contributed by atoms with van der Waals surface area (Å²) in [6.45, 7) is -0.316. The monoisotopic (exact) mass is 454 g/mol. The second kappa shape index (κ2) is 9.21. The van der Waals surface area contributed by atoms with Gasteiger partial charge in [0.25, 0.3) is 0 Å². The maximum absolute atomic E-state index is 12.8. The number of fused-ring (bicyclic) bond motifs is 3. The van der Waals surface area contributed by atoms with Gasteiger partial charge < -0.3 is 29.9 Å². The van der Waals surface area contributed by atoms with E-state index in [2.05, 4.69) is 5.32 Å². The first kappa shape index (κ1) is 22.8. The van der Waals surface area contributed by atoms with E-state index in [-0.39, 0.29) is 38.6 Å². The van der Waals surface area contributed by atoms with Crippen molar-refractivity contribution < 1.29 is 34.1 Å². The highest BCUT2D eigenvalue weighted by atomic mass is 16.5. The van der Waals surface area contributed by atoms with Gasteiger partial charge in [0, 0.05) is 26.0 Å². The van der Waals surface area contributed by atoms with Gasteiger partial charge in [-0.25, -0.2) is 9.59 Å². The van der Waals surface area contributed by atoms with E-state index in [4.69, 9.17) is 9.47 Å². The number of rotatable bonds is 7. The number of aliphatic carboxylic acids is 1. The summed E-state index contributed by atoms with van der Waals surface area (Å²) in [6.07, 6.45) is -0.862. The normalized spacial score (nSPS) is 20.1. The Kier molecular flexibility index (Phi) is 6.35. The minimum atomic E-state index is -1.99. The zero-order valence-corrected chi connectivity index (χ0v) is 18.2. The third kappa shape index (κ3) is 4.42. The fraction of sp³-hybridized carbons (Fsp3) is 0.375. The van der Waals surface area contributed by atoms with Crippen molar-refractivity contribution in [3.63, 3.8) is 0 Å². The average Bonchev–Trinajstić information content (AvgIpc) is 3.36. The zero-order valence-electron chi connectivity index (χ0n) is 18.2. The number of hydrogen-bond acceptors (Lipinski definition) is 6. The fourth-order valence-corrected chi connectivity index (χ4v) is 4.50. The molecule has 1 unspecified atom stereocenters. The Hall–Kier alpha value is -3.43. The van der Waals surface area contributed by atoms with E-state index < -0.39 is 29.6 Å². The predicted molar refractivity (Wildman–Crippen MR) is 118 cm³/mol. The smallest absolute Gasteiger partial charge is 0.407 e. The second-order valence-electron chi connectivity index (χ2n) is 8.32. The number of amides is 2. The van der Waals surface area contributed by atoms with Crippen molar-refractivity contribution in [3.05, 3.63) is 59.7 Å². The van der Waals surface area contributed by atoms with E-state index in [0.717, 1.165) is 22.3 Å². The van der Waals surface area contributed by atoms with Crippen molar-refractivity contribution in [1.29, 1.82) is 0 Å². The van der Waals surface area contributed by atoms with Crippen LogP contribution in [0.2, 0.25) is 0 Å². The number of benzene rings is 2. The fourth-order valence-electron chi connectivity index (χ4n) is 4.50. The number of carboxylic acids is 1. The van der Waals surface area contributed by atoms with Gasteiger partial charge in [0.2, 0.25) is 5.91 Å².